The minimum absolute atomic E-state index is 0.0555. The molecule has 0 bridgehead atoms. The monoisotopic (exact) mass is 221 g/mol. The van der Waals surface area contributed by atoms with Gasteiger partial charge >= 0.3 is 0 Å². The van der Waals surface area contributed by atoms with Gasteiger partial charge in [-0.3, -0.25) is 14.6 Å². The molecule has 1 aromatic heterocycles. The van der Waals surface area contributed by atoms with Gasteiger partial charge in [-0.15, -0.1) is 0 Å². The molecular formula is C11H15N3O2. The van der Waals surface area contributed by atoms with Gasteiger partial charge in [0, 0.05) is 6.42 Å². The number of pyridine rings is 1. The summed E-state index contributed by atoms with van der Waals surface area (Å²) < 4.78 is 0. The molecule has 1 rings (SSSR count). The van der Waals surface area contributed by atoms with E-state index in [1.807, 2.05) is 13.8 Å². The third kappa shape index (κ3) is 4.08. The van der Waals surface area contributed by atoms with E-state index in [4.69, 9.17) is 0 Å². The Hall–Kier alpha value is -1.91. The molecule has 0 aliphatic carbocycles. The Bertz CT molecular complexity index is 377. The first-order valence-corrected chi connectivity index (χ1v) is 5.07. The SMILES string of the molecule is CC(C)CC(=O)Nc1cncc(NC=O)c1. The minimum atomic E-state index is -0.0555. The summed E-state index contributed by atoms with van der Waals surface area (Å²) in [7, 11) is 0. The Labute approximate surface area is 94.3 Å². The normalized spacial score (nSPS) is 9.94. The molecule has 0 radical (unpaired) electrons. The van der Waals surface area contributed by atoms with E-state index in [2.05, 4.69) is 15.6 Å². The average Bonchev–Trinajstić information content (AvgIpc) is 2.17. The van der Waals surface area contributed by atoms with E-state index >= 15 is 0 Å². The summed E-state index contributed by atoms with van der Waals surface area (Å²) >= 11 is 0. The van der Waals surface area contributed by atoms with Crippen molar-refractivity contribution in [1.29, 1.82) is 0 Å². The first-order chi connectivity index (χ1) is 7.61. The van der Waals surface area contributed by atoms with Crippen LogP contribution in [-0.4, -0.2) is 17.3 Å². The maximum Gasteiger partial charge on any atom is 0.224 e. The van der Waals surface area contributed by atoms with Gasteiger partial charge in [0.05, 0.1) is 23.8 Å². The molecule has 0 saturated carbocycles. The summed E-state index contributed by atoms with van der Waals surface area (Å²) in [6.07, 6.45) is 4.07. The summed E-state index contributed by atoms with van der Waals surface area (Å²) in [5.41, 5.74) is 1.13. The maximum absolute atomic E-state index is 11.5. The molecule has 5 nitrogen and oxygen atoms in total. The van der Waals surface area contributed by atoms with Crippen LogP contribution in [0.25, 0.3) is 0 Å². The summed E-state index contributed by atoms with van der Waals surface area (Å²) in [4.78, 5) is 25.6. The number of rotatable bonds is 5. The summed E-state index contributed by atoms with van der Waals surface area (Å²) in [5, 5.41) is 5.18. The van der Waals surface area contributed by atoms with Crippen molar-refractivity contribution in [3.63, 3.8) is 0 Å². The van der Waals surface area contributed by atoms with Crippen LogP contribution in [0.3, 0.4) is 0 Å². The van der Waals surface area contributed by atoms with Crippen LogP contribution < -0.4 is 10.6 Å². The maximum atomic E-state index is 11.5. The van der Waals surface area contributed by atoms with Gasteiger partial charge < -0.3 is 10.6 Å². The third-order valence-corrected chi connectivity index (χ3v) is 1.84. The summed E-state index contributed by atoms with van der Waals surface area (Å²) in [6.45, 7) is 3.95. The molecule has 0 atom stereocenters. The molecule has 0 aromatic carbocycles. The number of nitrogens with one attached hydrogen (secondary N) is 2. The fourth-order valence-corrected chi connectivity index (χ4v) is 1.24. The Kier molecular flexibility index (Phi) is 4.44. The van der Waals surface area contributed by atoms with Gasteiger partial charge in [-0.05, 0) is 12.0 Å². The van der Waals surface area contributed by atoms with Gasteiger partial charge in [0.25, 0.3) is 0 Å². The Morgan fingerprint density at radius 1 is 1.44 bits per heavy atom. The fraction of sp³-hybridized carbons (Fsp3) is 0.364. The van der Waals surface area contributed by atoms with E-state index in [1.54, 1.807) is 6.07 Å². The van der Waals surface area contributed by atoms with Crippen molar-refractivity contribution in [2.75, 3.05) is 10.6 Å². The van der Waals surface area contributed by atoms with E-state index < -0.39 is 0 Å². The highest BCUT2D eigenvalue weighted by Gasteiger charge is 2.05. The zero-order chi connectivity index (χ0) is 12.0. The third-order valence-electron chi connectivity index (χ3n) is 1.84. The number of carbonyl (C=O) groups is 2. The summed E-state index contributed by atoms with van der Waals surface area (Å²) in [5.74, 6) is 0.254. The Morgan fingerprint density at radius 3 is 2.75 bits per heavy atom. The van der Waals surface area contributed by atoms with Crippen molar-refractivity contribution in [2.45, 2.75) is 20.3 Å². The number of carbonyl (C=O) groups excluding carboxylic acids is 2. The van der Waals surface area contributed by atoms with Crippen molar-refractivity contribution >= 4 is 23.7 Å². The largest absolute Gasteiger partial charge is 0.327 e. The molecule has 0 fully saturated rings. The molecule has 0 spiro atoms. The standard InChI is InChI=1S/C11H15N3O2/c1-8(2)3-11(16)14-10-4-9(13-7-15)5-12-6-10/h4-8H,3H2,1-2H3,(H,13,15)(H,14,16). The second-order valence-corrected chi connectivity index (χ2v) is 3.87. The number of amides is 2. The molecule has 0 unspecified atom stereocenters. The van der Waals surface area contributed by atoms with Crippen molar-refractivity contribution < 1.29 is 9.59 Å². The smallest absolute Gasteiger partial charge is 0.224 e. The van der Waals surface area contributed by atoms with Crippen molar-refractivity contribution in [2.24, 2.45) is 5.92 Å². The molecule has 0 aliphatic rings. The van der Waals surface area contributed by atoms with E-state index in [0.29, 0.717) is 30.1 Å². The molecule has 1 heterocycles. The first-order valence-electron chi connectivity index (χ1n) is 5.07. The molecule has 86 valence electrons. The lowest BCUT2D eigenvalue weighted by Crippen LogP contribution is -2.14. The molecule has 0 saturated heterocycles. The first kappa shape index (κ1) is 12.2. The van der Waals surface area contributed by atoms with Crippen molar-refractivity contribution in [3.05, 3.63) is 18.5 Å². The summed E-state index contributed by atoms with van der Waals surface area (Å²) in [6, 6.07) is 1.65. The molecule has 1 aromatic rings. The molecule has 2 N–H and O–H groups in total. The van der Waals surface area contributed by atoms with Crippen LogP contribution in [0, 0.1) is 5.92 Å². The van der Waals surface area contributed by atoms with Crippen LogP contribution in [0.5, 0.6) is 0 Å². The van der Waals surface area contributed by atoms with Crippen LogP contribution in [0.2, 0.25) is 0 Å². The average molecular weight is 221 g/mol. The van der Waals surface area contributed by atoms with Crippen molar-refractivity contribution in [3.8, 4) is 0 Å². The fourth-order valence-electron chi connectivity index (χ4n) is 1.24. The lowest BCUT2D eigenvalue weighted by atomic mass is 10.1. The van der Waals surface area contributed by atoms with Crippen LogP contribution >= 0.6 is 0 Å². The number of nitrogens with zero attached hydrogens (tertiary/aromatic N) is 1. The second-order valence-electron chi connectivity index (χ2n) is 3.87. The Balaban J connectivity index is 2.62. The van der Waals surface area contributed by atoms with Gasteiger partial charge in [-0.1, -0.05) is 13.8 Å². The van der Waals surface area contributed by atoms with Gasteiger partial charge in [0.2, 0.25) is 12.3 Å². The van der Waals surface area contributed by atoms with Crippen LogP contribution in [0.15, 0.2) is 18.5 Å². The number of aromatic nitrogens is 1. The molecular weight excluding hydrogens is 206 g/mol. The molecule has 0 aliphatic heterocycles. The predicted molar refractivity (Wildman–Crippen MR) is 62.0 cm³/mol. The highest BCUT2D eigenvalue weighted by molar-refractivity contribution is 5.91. The second kappa shape index (κ2) is 5.85. The zero-order valence-electron chi connectivity index (χ0n) is 9.36. The highest BCUT2D eigenvalue weighted by Crippen LogP contribution is 2.13. The molecule has 5 heteroatoms. The number of hydrogen-bond acceptors (Lipinski definition) is 3. The van der Waals surface area contributed by atoms with Gasteiger partial charge in [0.1, 0.15) is 0 Å². The predicted octanol–water partition coefficient (Wildman–Crippen LogP) is 1.63. The van der Waals surface area contributed by atoms with Gasteiger partial charge in [0.15, 0.2) is 0 Å². The number of anilines is 2. The van der Waals surface area contributed by atoms with E-state index in [-0.39, 0.29) is 5.91 Å². The van der Waals surface area contributed by atoms with Crippen LogP contribution in [-0.2, 0) is 9.59 Å². The van der Waals surface area contributed by atoms with E-state index in [0.717, 1.165) is 0 Å². The minimum Gasteiger partial charge on any atom is -0.327 e. The van der Waals surface area contributed by atoms with E-state index in [9.17, 15) is 9.59 Å². The quantitative estimate of drug-likeness (QED) is 0.742. The Morgan fingerprint density at radius 2 is 2.12 bits per heavy atom. The van der Waals surface area contributed by atoms with Crippen LogP contribution in [0.4, 0.5) is 11.4 Å². The van der Waals surface area contributed by atoms with Crippen molar-refractivity contribution in [1.82, 2.24) is 4.98 Å². The van der Waals surface area contributed by atoms with Gasteiger partial charge in [-0.25, -0.2) is 0 Å². The highest BCUT2D eigenvalue weighted by atomic mass is 16.1. The number of hydrogen-bond donors (Lipinski definition) is 2. The van der Waals surface area contributed by atoms with E-state index in [1.165, 1.54) is 12.4 Å². The lowest BCUT2D eigenvalue weighted by Gasteiger charge is -2.07. The topological polar surface area (TPSA) is 71.1 Å². The zero-order valence-corrected chi connectivity index (χ0v) is 9.36. The molecule has 16 heavy (non-hydrogen) atoms. The lowest BCUT2D eigenvalue weighted by molar-refractivity contribution is -0.116. The van der Waals surface area contributed by atoms with Crippen LogP contribution in [0.1, 0.15) is 20.3 Å². The molecule has 2 amide bonds. The van der Waals surface area contributed by atoms with Gasteiger partial charge in [-0.2, -0.15) is 0 Å².